The van der Waals surface area contributed by atoms with Crippen LogP contribution in [0.5, 0.6) is 5.75 Å². The number of nitrogens with zero attached hydrogens (tertiary/aromatic N) is 1. The maximum Gasteiger partial charge on any atom is 0.243 e. The lowest BCUT2D eigenvalue weighted by molar-refractivity contribution is -0.121. The van der Waals surface area contributed by atoms with Gasteiger partial charge in [-0.1, -0.05) is 50.6 Å². The van der Waals surface area contributed by atoms with Gasteiger partial charge in [0.05, 0.1) is 18.5 Å². The number of carbonyl (C=O) groups is 1. The molecule has 1 amide bonds. The van der Waals surface area contributed by atoms with Crippen LogP contribution >= 0.6 is 11.6 Å². The second kappa shape index (κ2) is 9.92. The van der Waals surface area contributed by atoms with Gasteiger partial charge >= 0.3 is 0 Å². The molecule has 0 bridgehead atoms. The SMILES string of the molecule is Cc1ccc(Cl)cc1N([C@H](C)C(=O)NCCOc1ccc(C(C)(C)C)cc1)S(C)(=O)=O. The number of amides is 1. The van der Waals surface area contributed by atoms with Crippen LogP contribution in [0.15, 0.2) is 42.5 Å². The number of rotatable bonds is 8. The van der Waals surface area contributed by atoms with Crippen LogP contribution in [0.1, 0.15) is 38.8 Å². The summed E-state index contributed by atoms with van der Waals surface area (Å²) in [7, 11) is -3.71. The summed E-state index contributed by atoms with van der Waals surface area (Å²) >= 11 is 6.05. The zero-order chi connectivity index (χ0) is 23.4. The number of halogens is 1. The fourth-order valence-corrected chi connectivity index (χ4v) is 4.53. The lowest BCUT2D eigenvalue weighted by Crippen LogP contribution is -2.48. The van der Waals surface area contributed by atoms with Gasteiger partial charge in [-0.25, -0.2) is 8.42 Å². The maximum absolute atomic E-state index is 12.7. The minimum Gasteiger partial charge on any atom is -0.492 e. The normalized spacial score (nSPS) is 12.9. The van der Waals surface area contributed by atoms with Crippen LogP contribution < -0.4 is 14.4 Å². The van der Waals surface area contributed by atoms with Crippen LogP contribution in [0.2, 0.25) is 5.02 Å². The van der Waals surface area contributed by atoms with Crippen molar-refractivity contribution in [2.24, 2.45) is 0 Å². The molecule has 2 aromatic carbocycles. The standard InChI is InChI=1S/C23H31ClN2O4S/c1-16-7-10-19(24)15-21(16)26(31(6,28)29)17(2)22(27)25-13-14-30-20-11-8-18(9-12-20)23(3,4)5/h7-12,15,17H,13-14H2,1-6H3,(H,25,27)/t17-/m1/s1. The molecule has 0 aliphatic heterocycles. The highest BCUT2D eigenvalue weighted by Gasteiger charge is 2.30. The average Bonchev–Trinajstić information content (AvgIpc) is 2.66. The molecule has 0 fully saturated rings. The van der Waals surface area contributed by atoms with Gasteiger partial charge in [-0.3, -0.25) is 9.10 Å². The molecule has 0 heterocycles. The van der Waals surface area contributed by atoms with Gasteiger partial charge in [-0.2, -0.15) is 0 Å². The second-order valence-electron chi connectivity index (χ2n) is 8.58. The number of sulfonamides is 1. The van der Waals surface area contributed by atoms with Crippen molar-refractivity contribution in [1.29, 1.82) is 0 Å². The summed E-state index contributed by atoms with van der Waals surface area (Å²) in [5.41, 5.74) is 2.36. The van der Waals surface area contributed by atoms with Crippen LogP contribution in [-0.4, -0.2) is 39.8 Å². The van der Waals surface area contributed by atoms with Gasteiger partial charge < -0.3 is 10.1 Å². The first-order valence-corrected chi connectivity index (χ1v) is 12.3. The van der Waals surface area contributed by atoms with Gasteiger partial charge in [-0.15, -0.1) is 0 Å². The van der Waals surface area contributed by atoms with E-state index in [0.29, 0.717) is 22.0 Å². The van der Waals surface area contributed by atoms with Crippen LogP contribution in [0, 0.1) is 6.92 Å². The summed E-state index contributed by atoms with van der Waals surface area (Å²) in [6.07, 6.45) is 1.07. The average molecular weight is 467 g/mol. The van der Waals surface area contributed by atoms with Crippen LogP contribution in [-0.2, 0) is 20.2 Å². The zero-order valence-corrected chi connectivity index (χ0v) is 20.5. The number of benzene rings is 2. The molecule has 0 unspecified atom stereocenters. The highest BCUT2D eigenvalue weighted by molar-refractivity contribution is 7.92. The summed E-state index contributed by atoms with van der Waals surface area (Å²) < 4.78 is 31.6. The molecule has 0 saturated heterocycles. The van der Waals surface area contributed by atoms with Crippen LogP contribution in [0.3, 0.4) is 0 Å². The van der Waals surface area contributed by atoms with Crippen molar-refractivity contribution >= 4 is 33.2 Å². The molecule has 2 aromatic rings. The summed E-state index contributed by atoms with van der Waals surface area (Å²) in [5.74, 6) is 0.291. The molecule has 1 N–H and O–H groups in total. The highest BCUT2D eigenvalue weighted by Crippen LogP contribution is 2.28. The molecule has 2 rings (SSSR count). The molecular formula is C23H31ClN2O4S. The third-order valence-corrected chi connectivity index (χ3v) is 6.35. The lowest BCUT2D eigenvalue weighted by atomic mass is 9.87. The van der Waals surface area contributed by atoms with E-state index in [9.17, 15) is 13.2 Å². The Bertz CT molecular complexity index is 1010. The number of aryl methyl sites for hydroxylation is 1. The molecule has 0 aliphatic rings. The van der Waals surface area contributed by atoms with E-state index in [4.69, 9.17) is 16.3 Å². The second-order valence-corrected chi connectivity index (χ2v) is 10.9. The molecule has 0 radical (unpaired) electrons. The lowest BCUT2D eigenvalue weighted by Gasteiger charge is -2.29. The Labute approximate surface area is 190 Å². The van der Waals surface area contributed by atoms with Crippen LogP contribution in [0.25, 0.3) is 0 Å². The predicted molar refractivity (Wildman–Crippen MR) is 127 cm³/mol. The van der Waals surface area contributed by atoms with Gasteiger partial charge in [0, 0.05) is 5.02 Å². The van der Waals surface area contributed by atoms with Gasteiger partial charge in [0.25, 0.3) is 0 Å². The maximum atomic E-state index is 12.7. The first-order valence-electron chi connectivity index (χ1n) is 10.1. The number of anilines is 1. The minimum atomic E-state index is -3.71. The Hall–Kier alpha value is -2.25. The van der Waals surface area contributed by atoms with Crippen molar-refractivity contribution in [2.75, 3.05) is 23.7 Å². The van der Waals surface area contributed by atoms with Crippen molar-refractivity contribution in [3.63, 3.8) is 0 Å². The Morgan fingerprint density at radius 1 is 1.16 bits per heavy atom. The van der Waals surface area contributed by atoms with Gasteiger partial charge in [0.1, 0.15) is 18.4 Å². The number of hydrogen-bond acceptors (Lipinski definition) is 4. The van der Waals surface area contributed by atoms with E-state index in [2.05, 4.69) is 26.1 Å². The number of nitrogens with one attached hydrogen (secondary N) is 1. The molecule has 0 aromatic heterocycles. The number of carbonyl (C=O) groups excluding carboxylic acids is 1. The topological polar surface area (TPSA) is 75.7 Å². The Kier molecular flexibility index (Phi) is 8.00. The Morgan fingerprint density at radius 2 is 1.77 bits per heavy atom. The van der Waals surface area contributed by atoms with E-state index in [-0.39, 0.29) is 18.6 Å². The van der Waals surface area contributed by atoms with E-state index in [1.165, 1.54) is 5.56 Å². The summed E-state index contributed by atoms with van der Waals surface area (Å²) in [6, 6.07) is 11.8. The Balaban J connectivity index is 1.99. The number of hydrogen-bond donors (Lipinski definition) is 1. The predicted octanol–water partition coefficient (Wildman–Crippen LogP) is 4.30. The van der Waals surface area contributed by atoms with E-state index < -0.39 is 22.0 Å². The molecule has 8 heteroatoms. The van der Waals surface area contributed by atoms with E-state index in [0.717, 1.165) is 10.6 Å². The van der Waals surface area contributed by atoms with Gasteiger partial charge in [0.2, 0.25) is 15.9 Å². The van der Waals surface area contributed by atoms with Gasteiger partial charge in [0.15, 0.2) is 0 Å². The van der Waals surface area contributed by atoms with Crippen molar-refractivity contribution in [3.8, 4) is 5.75 Å². The van der Waals surface area contributed by atoms with Crippen LogP contribution in [0.4, 0.5) is 5.69 Å². The molecule has 1 atom stereocenters. The monoisotopic (exact) mass is 466 g/mol. The van der Waals surface area contributed by atoms with Crippen molar-refractivity contribution < 1.29 is 17.9 Å². The first-order chi connectivity index (χ1) is 14.3. The third-order valence-electron chi connectivity index (χ3n) is 4.89. The zero-order valence-electron chi connectivity index (χ0n) is 18.9. The quantitative estimate of drug-likeness (QED) is 0.588. The largest absolute Gasteiger partial charge is 0.492 e. The molecule has 6 nitrogen and oxygen atoms in total. The number of ether oxygens (including phenoxy) is 1. The van der Waals surface area contributed by atoms with Gasteiger partial charge in [-0.05, 0) is 54.7 Å². The third kappa shape index (κ3) is 6.87. The van der Waals surface area contributed by atoms with E-state index in [1.54, 1.807) is 32.0 Å². The van der Waals surface area contributed by atoms with Crippen molar-refractivity contribution in [2.45, 2.75) is 46.1 Å². The summed E-state index contributed by atoms with van der Waals surface area (Å²) in [5, 5.41) is 3.14. The minimum absolute atomic E-state index is 0.0649. The Morgan fingerprint density at radius 3 is 2.32 bits per heavy atom. The van der Waals surface area contributed by atoms with Crippen molar-refractivity contribution in [3.05, 3.63) is 58.6 Å². The van der Waals surface area contributed by atoms with Crippen molar-refractivity contribution in [1.82, 2.24) is 5.32 Å². The summed E-state index contributed by atoms with van der Waals surface area (Å²) in [4.78, 5) is 12.7. The smallest absolute Gasteiger partial charge is 0.243 e. The molecule has 0 spiro atoms. The first kappa shape index (κ1) is 25.0. The van der Waals surface area contributed by atoms with E-state index in [1.807, 2.05) is 24.3 Å². The fraction of sp³-hybridized carbons (Fsp3) is 0.435. The summed E-state index contributed by atoms with van der Waals surface area (Å²) in [6.45, 7) is 10.3. The molecular weight excluding hydrogens is 436 g/mol. The molecule has 0 saturated carbocycles. The van der Waals surface area contributed by atoms with E-state index >= 15 is 0 Å². The molecule has 0 aliphatic carbocycles. The fourth-order valence-electron chi connectivity index (χ4n) is 3.14. The molecule has 170 valence electrons. The molecule has 31 heavy (non-hydrogen) atoms. The highest BCUT2D eigenvalue weighted by atomic mass is 35.5.